The summed E-state index contributed by atoms with van der Waals surface area (Å²) in [4.78, 5) is 2.44. The van der Waals surface area contributed by atoms with Crippen LogP contribution in [-0.2, 0) is 26.2 Å². The molecule has 3 aromatic carbocycles. The highest BCUT2D eigenvalue weighted by atomic mass is 19.1. The van der Waals surface area contributed by atoms with E-state index in [0.717, 1.165) is 19.6 Å². The number of hydrogen-bond donors (Lipinski definition) is 0. The fourth-order valence-electron chi connectivity index (χ4n) is 3.75. The number of rotatable bonds is 8. The zero-order chi connectivity index (χ0) is 20.8. The SMILES string of the molecule is Cc1ccc(CN(Cc2ccccc2)Cc2cccn2Cc2ccccc2F)cc1. The lowest BCUT2D eigenvalue weighted by Gasteiger charge is -2.24. The number of benzene rings is 3. The van der Waals surface area contributed by atoms with Crippen molar-refractivity contribution in [1.29, 1.82) is 0 Å². The van der Waals surface area contributed by atoms with E-state index < -0.39 is 0 Å². The Morgan fingerprint density at radius 1 is 0.700 bits per heavy atom. The molecular formula is C27H27FN2. The average Bonchev–Trinajstić information content (AvgIpc) is 3.19. The maximum absolute atomic E-state index is 14.2. The molecule has 0 aliphatic rings. The van der Waals surface area contributed by atoms with Gasteiger partial charge in [0.25, 0.3) is 0 Å². The van der Waals surface area contributed by atoms with Crippen molar-refractivity contribution in [3.05, 3.63) is 131 Å². The summed E-state index contributed by atoms with van der Waals surface area (Å²) in [6.45, 7) is 5.17. The van der Waals surface area contributed by atoms with Crippen molar-refractivity contribution in [2.75, 3.05) is 0 Å². The van der Waals surface area contributed by atoms with Crippen LogP contribution in [0.25, 0.3) is 0 Å². The van der Waals surface area contributed by atoms with Crippen LogP contribution in [0.4, 0.5) is 4.39 Å². The van der Waals surface area contributed by atoms with Crippen LogP contribution in [0.1, 0.15) is 27.9 Å². The molecule has 1 heterocycles. The van der Waals surface area contributed by atoms with Crippen molar-refractivity contribution in [2.45, 2.75) is 33.1 Å². The maximum atomic E-state index is 14.2. The first-order chi connectivity index (χ1) is 14.7. The molecular weight excluding hydrogens is 371 g/mol. The molecule has 0 fully saturated rings. The highest BCUT2D eigenvalue weighted by Crippen LogP contribution is 2.17. The Morgan fingerprint density at radius 3 is 2.10 bits per heavy atom. The van der Waals surface area contributed by atoms with E-state index in [4.69, 9.17) is 0 Å². The molecule has 0 unspecified atom stereocenters. The van der Waals surface area contributed by atoms with Gasteiger partial charge in [-0.3, -0.25) is 4.90 Å². The van der Waals surface area contributed by atoms with E-state index in [9.17, 15) is 4.39 Å². The number of aromatic nitrogens is 1. The second-order valence-corrected chi connectivity index (χ2v) is 7.84. The molecule has 0 saturated carbocycles. The lowest BCUT2D eigenvalue weighted by molar-refractivity contribution is 0.241. The lowest BCUT2D eigenvalue weighted by atomic mass is 10.1. The summed E-state index contributed by atoms with van der Waals surface area (Å²) >= 11 is 0. The van der Waals surface area contributed by atoms with Gasteiger partial charge in [0.1, 0.15) is 5.82 Å². The summed E-state index contributed by atoms with van der Waals surface area (Å²) in [6, 6.07) is 30.5. The standard InChI is InChI=1S/C27H27FN2/c1-22-13-15-24(16-14-22)19-29(18-23-8-3-2-4-9-23)21-26-11-7-17-30(26)20-25-10-5-6-12-27(25)28/h2-17H,18-21H2,1H3. The van der Waals surface area contributed by atoms with Crippen molar-refractivity contribution < 1.29 is 4.39 Å². The molecule has 2 nitrogen and oxygen atoms in total. The first-order valence-electron chi connectivity index (χ1n) is 10.4. The predicted molar refractivity (Wildman–Crippen MR) is 121 cm³/mol. The molecule has 0 aliphatic heterocycles. The van der Waals surface area contributed by atoms with E-state index in [1.54, 1.807) is 6.07 Å². The molecule has 1 aromatic heterocycles. The van der Waals surface area contributed by atoms with Crippen LogP contribution in [0.15, 0.2) is 97.2 Å². The van der Waals surface area contributed by atoms with Gasteiger partial charge >= 0.3 is 0 Å². The molecule has 0 bridgehead atoms. The molecule has 152 valence electrons. The average molecular weight is 399 g/mol. The normalized spacial score (nSPS) is 11.2. The van der Waals surface area contributed by atoms with Crippen LogP contribution in [0.5, 0.6) is 0 Å². The molecule has 0 spiro atoms. The van der Waals surface area contributed by atoms with Crippen LogP contribution in [0, 0.1) is 12.7 Å². The van der Waals surface area contributed by atoms with Crippen LogP contribution in [0.2, 0.25) is 0 Å². The molecule has 0 aliphatic carbocycles. The van der Waals surface area contributed by atoms with Gasteiger partial charge in [0.2, 0.25) is 0 Å². The minimum atomic E-state index is -0.155. The molecule has 0 radical (unpaired) electrons. The minimum Gasteiger partial charge on any atom is -0.346 e. The van der Waals surface area contributed by atoms with Gasteiger partial charge < -0.3 is 4.57 Å². The van der Waals surface area contributed by atoms with Gasteiger partial charge in [-0.2, -0.15) is 0 Å². The second kappa shape index (κ2) is 9.55. The number of nitrogens with zero attached hydrogens (tertiary/aromatic N) is 2. The third kappa shape index (κ3) is 5.25. The largest absolute Gasteiger partial charge is 0.346 e. The monoisotopic (exact) mass is 398 g/mol. The summed E-state index contributed by atoms with van der Waals surface area (Å²) in [6.07, 6.45) is 2.04. The second-order valence-electron chi connectivity index (χ2n) is 7.84. The summed E-state index contributed by atoms with van der Waals surface area (Å²) in [7, 11) is 0. The molecule has 30 heavy (non-hydrogen) atoms. The van der Waals surface area contributed by atoms with Crippen molar-refractivity contribution >= 4 is 0 Å². The maximum Gasteiger partial charge on any atom is 0.128 e. The Kier molecular flexibility index (Phi) is 6.41. The van der Waals surface area contributed by atoms with E-state index in [1.807, 2.05) is 30.5 Å². The zero-order valence-electron chi connectivity index (χ0n) is 17.3. The lowest BCUT2D eigenvalue weighted by Crippen LogP contribution is -2.24. The zero-order valence-corrected chi connectivity index (χ0v) is 17.3. The number of halogens is 1. The highest BCUT2D eigenvalue weighted by molar-refractivity contribution is 5.23. The van der Waals surface area contributed by atoms with E-state index >= 15 is 0 Å². The smallest absolute Gasteiger partial charge is 0.128 e. The summed E-state index contributed by atoms with van der Waals surface area (Å²) in [5.41, 5.74) is 5.75. The minimum absolute atomic E-state index is 0.155. The fraction of sp³-hybridized carbons (Fsp3) is 0.185. The van der Waals surface area contributed by atoms with Crippen LogP contribution in [-0.4, -0.2) is 9.47 Å². The Balaban J connectivity index is 1.55. The van der Waals surface area contributed by atoms with Crippen molar-refractivity contribution in [3.8, 4) is 0 Å². The van der Waals surface area contributed by atoms with Crippen molar-refractivity contribution in [3.63, 3.8) is 0 Å². The highest BCUT2D eigenvalue weighted by Gasteiger charge is 2.12. The molecule has 4 rings (SSSR count). The summed E-state index contributed by atoms with van der Waals surface area (Å²) < 4.78 is 16.3. The van der Waals surface area contributed by atoms with Crippen molar-refractivity contribution in [2.24, 2.45) is 0 Å². The molecule has 0 saturated heterocycles. The first kappa shape index (κ1) is 20.1. The summed E-state index contributed by atoms with van der Waals surface area (Å²) in [5.74, 6) is -0.155. The van der Waals surface area contributed by atoms with Crippen LogP contribution < -0.4 is 0 Å². The Bertz CT molecular complexity index is 1070. The van der Waals surface area contributed by atoms with E-state index in [0.29, 0.717) is 12.1 Å². The molecule has 0 atom stereocenters. The Morgan fingerprint density at radius 2 is 1.37 bits per heavy atom. The molecule has 3 heteroatoms. The Labute approximate surface area is 178 Å². The van der Waals surface area contributed by atoms with Gasteiger partial charge in [-0.1, -0.05) is 78.4 Å². The quantitative estimate of drug-likeness (QED) is 0.344. The molecule has 0 N–H and O–H groups in total. The van der Waals surface area contributed by atoms with E-state index in [1.165, 1.54) is 28.5 Å². The van der Waals surface area contributed by atoms with E-state index in [-0.39, 0.29) is 5.82 Å². The molecule has 4 aromatic rings. The topological polar surface area (TPSA) is 8.17 Å². The van der Waals surface area contributed by atoms with Crippen LogP contribution >= 0.6 is 0 Å². The van der Waals surface area contributed by atoms with Gasteiger partial charge in [-0.25, -0.2) is 4.39 Å². The number of aryl methyl sites for hydroxylation is 1. The number of hydrogen-bond acceptors (Lipinski definition) is 1. The third-order valence-corrected chi connectivity index (χ3v) is 5.38. The van der Waals surface area contributed by atoms with E-state index in [2.05, 4.69) is 71.0 Å². The molecule has 0 amide bonds. The van der Waals surface area contributed by atoms with Gasteiger partial charge in [0.05, 0.1) is 6.54 Å². The fourth-order valence-corrected chi connectivity index (χ4v) is 3.75. The van der Waals surface area contributed by atoms with Gasteiger partial charge in [-0.15, -0.1) is 0 Å². The van der Waals surface area contributed by atoms with Crippen molar-refractivity contribution in [1.82, 2.24) is 9.47 Å². The Hall–Kier alpha value is -3.17. The summed E-state index contributed by atoms with van der Waals surface area (Å²) in [5, 5.41) is 0. The third-order valence-electron chi connectivity index (χ3n) is 5.38. The predicted octanol–water partition coefficient (Wildman–Crippen LogP) is 6.19. The van der Waals surface area contributed by atoms with Crippen LogP contribution in [0.3, 0.4) is 0 Å². The van der Waals surface area contributed by atoms with Gasteiger partial charge in [0, 0.05) is 37.1 Å². The van der Waals surface area contributed by atoms with Gasteiger partial charge in [-0.05, 0) is 36.2 Å². The van der Waals surface area contributed by atoms with Gasteiger partial charge in [0.15, 0.2) is 0 Å². The first-order valence-corrected chi connectivity index (χ1v) is 10.4.